The van der Waals surface area contributed by atoms with Gasteiger partial charge in [0, 0.05) is 29.9 Å². The van der Waals surface area contributed by atoms with Crippen LogP contribution in [0.15, 0.2) is 36.4 Å². The highest BCUT2D eigenvalue weighted by molar-refractivity contribution is 6.62. The van der Waals surface area contributed by atoms with Crippen LogP contribution in [-0.4, -0.2) is 36.0 Å². The molecule has 1 aliphatic rings. The molecule has 1 aliphatic heterocycles. The van der Waals surface area contributed by atoms with Gasteiger partial charge in [-0.2, -0.15) is 0 Å². The first-order valence-corrected chi connectivity index (χ1v) is 9.28. The Morgan fingerprint density at radius 1 is 1.19 bits per heavy atom. The molecule has 1 atom stereocenters. The highest BCUT2D eigenvalue weighted by atomic mass is 16.7. The first-order chi connectivity index (χ1) is 12.6. The minimum absolute atomic E-state index is 0.00998. The number of carbonyl (C=O) groups is 1. The van der Waals surface area contributed by atoms with E-state index in [1.165, 1.54) is 13.2 Å². The lowest BCUT2D eigenvalue weighted by atomic mass is 9.78. The first-order valence-electron chi connectivity index (χ1n) is 9.28. The largest absolute Gasteiger partial charge is 0.512 e. The molecule has 0 bridgehead atoms. The summed E-state index contributed by atoms with van der Waals surface area (Å²) in [5.41, 5.74) is 2.35. The van der Waals surface area contributed by atoms with Crippen LogP contribution in [0.5, 0.6) is 0 Å². The Balaban J connectivity index is 2.14. The predicted octanol–water partition coefficient (Wildman–Crippen LogP) is 3.31. The highest BCUT2D eigenvalue weighted by Gasteiger charge is 2.53. The summed E-state index contributed by atoms with van der Waals surface area (Å²) in [4.78, 5) is 11.6. The molecule has 3 rings (SSSR count). The molecule has 1 aromatic carbocycles. The number of para-hydroxylation sites is 1. The number of fused-ring (bicyclic) bond motifs is 1. The van der Waals surface area contributed by atoms with Crippen molar-refractivity contribution in [3.8, 4) is 0 Å². The van der Waals surface area contributed by atoms with E-state index >= 15 is 0 Å². The van der Waals surface area contributed by atoms with Crippen molar-refractivity contribution in [3.05, 3.63) is 42.0 Å². The molecule has 27 heavy (non-hydrogen) atoms. The number of benzene rings is 1. The normalized spacial score (nSPS) is 19.7. The highest BCUT2D eigenvalue weighted by Crippen LogP contribution is 2.38. The van der Waals surface area contributed by atoms with Crippen LogP contribution in [0.3, 0.4) is 0 Å². The monoisotopic (exact) mass is 369 g/mol. The van der Waals surface area contributed by atoms with Gasteiger partial charge in [-0.3, -0.25) is 0 Å². The van der Waals surface area contributed by atoms with Crippen molar-refractivity contribution < 1.29 is 18.8 Å². The fourth-order valence-corrected chi connectivity index (χ4v) is 3.55. The number of nitrogens with zero attached hydrogens (tertiary/aromatic N) is 1. The standard InChI is InChI=1S/C21H28BNO4/c1-14(12-13-17(24)25-7)18-15-10-8-9-11-16(15)23(6)19(18)22-26-20(2,3)21(4,5)27-22/h8-14H,1-7H3/b13-12-/t14-/m0/s1. The van der Waals surface area contributed by atoms with E-state index in [0.29, 0.717) is 0 Å². The molecule has 1 fully saturated rings. The van der Waals surface area contributed by atoms with Gasteiger partial charge in [0.05, 0.1) is 23.9 Å². The topological polar surface area (TPSA) is 49.7 Å². The summed E-state index contributed by atoms with van der Waals surface area (Å²) in [6, 6.07) is 8.23. The predicted molar refractivity (Wildman–Crippen MR) is 108 cm³/mol. The Hall–Kier alpha value is -2.05. The maximum absolute atomic E-state index is 11.6. The summed E-state index contributed by atoms with van der Waals surface area (Å²) in [7, 11) is 2.94. The van der Waals surface area contributed by atoms with Gasteiger partial charge in [-0.15, -0.1) is 0 Å². The molecular weight excluding hydrogens is 341 g/mol. The molecule has 0 aliphatic carbocycles. The molecule has 1 aromatic heterocycles. The zero-order chi connectivity index (χ0) is 20.0. The SMILES string of the molecule is COC(=O)/C=C\[C@H](C)c1c(B2OC(C)(C)C(C)(C)O2)n(C)c2ccccc12. The van der Waals surface area contributed by atoms with Crippen molar-refractivity contribution in [1.82, 2.24) is 4.57 Å². The van der Waals surface area contributed by atoms with E-state index in [0.717, 1.165) is 22.1 Å². The average Bonchev–Trinajstić information content (AvgIpc) is 3.02. The Morgan fingerprint density at radius 2 is 1.78 bits per heavy atom. The molecule has 144 valence electrons. The second-order valence-corrected chi connectivity index (χ2v) is 8.13. The summed E-state index contributed by atoms with van der Waals surface area (Å²) in [6.07, 6.45) is 3.34. The Bertz CT molecular complexity index is 881. The maximum atomic E-state index is 11.6. The quantitative estimate of drug-likeness (QED) is 0.471. The van der Waals surface area contributed by atoms with Gasteiger partial charge in [0.2, 0.25) is 0 Å². The number of allylic oxidation sites excluding steroid dienone is 1. The van der Waals surface area contributed by atoms with Gasteiger partial charge in [-0.25, -0.2) is 4.79 Å². The Kier molecular flexibility index (Phi) is 4.99. The number of esters is 1. The number of hydrogen-bond acceptors (Lipinski definition) is 4. The van der Waals surface area contributed by atoms with E-state index in [2.05, 4.69) is 51.3 Å². The van der Waals surface area contributed by atoms with Crippen LogP contribution in [0.25, 0.3) is 10.9 Å². The minimum atomic E-state index is -0.476. The van der Waals surface area contributed by atoms with Crippen LogP contribution in [0, 0.1) is 0 Å². The van der Waals surface area contributed by atoms with Gasteiger partial charge in [0.1, 0.15) is 0 Å². The van der Waals surface area contributed by atoms with Gasteiger partial charge >= 0.3 is 13.1 Å². The number of rotatable bonds is 4. The molecule has 6 heteroatoms. The van der Waals surface area contributed by atoms with Crippen molar-refractivity contribution in [2.45, 2.75) is 51.7 Å². The van der Waals surface area contributed by atoms with Gasteiger partial charge < -0.3 is 18.6 Å². The molecule has 1 saturated heterocycles. The van der Waals surface area contributed by atoms with Gasteiger partial charge in [-0.1, -0.05) is 31.2 Å². The van der Waals surface area contributed by atoms with Crippen LogP contribution in [0.4, 0.5) is 0 Å². The molecule has 0 N–H and O–H groups in total. The molecule has 2 aromatic rings. The minimum Gasteiger partial charge on any atom is -0.466 e. The lowest BCUT2D eigenvalue weighted by molar-refractivity contribution is -0.134. The molecule has 0 amide bonds. The number of carbonyl (C=O) groups excluding carboxylic acids is 1. The molecular formula is C21H28BNO4. The third kappa shape index (κ3) is 3.32. The first kappa shape index (κ1) is 19.7. The van der Waals surface area contributed by atoms with Crippen LogP contribution in [0.2, 0.25) is 0 Å². The molecule has 2 heterocycles. The van der Waals surface area contributed by atoms with Crippen LogP contribution in [0.1, 0.15) is 46.1 Å². The second kappa shape index (κ2) is 6.84. The van der Waals surface area contributed by atoms with E-state index < -0.39 is 18.3 Å². The summed E-state index contributed by atoms with van der Waals surface area (Å²) >= 11 is 0. The lowest BCUT2D eigenvalue weighted by Crippen LogP contribution is -2.41. The average molecular weight is 369 g/mol. The van der Waals surface area contributed by atoms with Crippen molar-refractivity contribution in [3.63, 3.8) is 0 Å². The third-order valence-corrected chi connectivity index (χ3v) is 5.85. The van der Waals surface area contributed by atoms with Gasteiger partial charge in [-0.05, 0) is 39.3 Å². The van der Waals surface area contributed by atoms with E-state index in [-0.39, 0.29) is 11.9 Å². The summed E-state index contributed by atoms with van der Waals surface area (Å²) < 4.78 is 19.5. The molecule has 0 unspecified atom stereocenters. The summed E-state index contributed by atoms with van der Waals surface area (Å²) in [6.45, 7) is 10.3. The molecule has 0 spiro atoms. The van der Waals surface area contributed by atoms with E-state index in [9.17, 15) is 4.79 Å². The number of ether oxygens (including phenoxy) is 1. The number of aryl methyl sites for hydroxylation is 1. The van der Waals surface area contributed by atoms with Crippen molar-refractivity contribution in [2.75, 3.05) is 7.11 Å². The molecule has 5 nitrogen and oxygen atoms in total. The smallest absolute Gasteiger partial charge is 0.466 e. The fraction of sp³-hybridized carbons (Fsp3) is 0.476. The number of methoxy groups -OCH3 is 1. The van der Waals surface area contributed by atoms with E-state index in [1.807, 2.05) is 25.3 Å². The molecule has 0 radical (unpaired) electrons. The fourth-order valence-electron chi connectivity index (χ4n) is 3.55. The zero-order valence-electron chi connectivity index (χ0n) is 17.2. The number of hydrogen-bond donors (Lipinski definition) is 0. The van der Waals surface area contributed by atoms with Gasteiger partial charge in [0.25, 0.3) is 0 Å². The lowest BCUT2D eigenvalue weighted by Gasteiger charge is -2.32. The zero-order valence-corrected chi connectivity index (χ0v) is 17.2. The van der Waals surface area contributed by atoms with Crippen molar-refractivity contribution in [2.24, 2.45) is 7.05 Å². The number of aromatic nitrogens is 1. The van der Waals surface area contributed by atoms with Gasteiger partial charge in [0.15, 0.2) is 0 Å². The van der Waals surface area contributed by atoms with Crippen molar-refractivity contribution >= 4 is 29.6 Å². The maximum Gasteiger partial charge on any atom is 0.512 e. The van der Waals surface area contributed by atoms with Crippen LogP contribution >= 0.6 is 0 Å². The third-order valence-electron chi connectivity index (χ3n) is 5.85. The molecule has 0 saturated carbocycles. The van der Waals surface area contributed by atoms with E-state index in [4.69, 9.17) is 14.0 Å². The summed E-state index contributed by atoms with van der Waals surface area (Å²) in [5, 5.41) is 1.13. The summed E-state index contributed by atoms with van der Waals surface area (Å²) in [5.74, 6) is -0.372. The van der Waals surface area contributed by atoms with Crippen molar-refractivity contribution in [1.29, 1.82) is 0 Å². The second-order valence-electron chi connectivity index (χ2n) is 8.13. The van der Waals surface area contributed by atoms with Crippen LogP contribution < -0.4 is 5.59 Å². The van der Waals surface area contributed by atoms with E-state index in [1.54, 1.807) is 0 Å². The van der Waals surface area contributed by atoms with Crippen LogP contribution in [-0.2, 0) is 25.9 Å². The Morgan fingerprint density at radius 3 is 2.37 bits per heavy atom. The Labute approximate surface area is 161 Å².